The summed E-state index contributed by atoms with van der Waals surface area (Å²) in [6.45, 7) is 2.66. The molecule has 0 atom stereocenters. The number of amides is 1. The molecule has 0 aliphatic heterocycles. The largest absolute Gasteiger partial charge is 0.412 e. The molecule has 3 nitrogen and oxygen atoms in total. The Labute approximate surface area is 115 Å². The number of carbonyl (C=O) groups excluding carboxylic acids is 1. The van der Waals surface area contributed by atoms with E-state index in [0.717, 1.165) is 6.42 Å². The zero-order valence-electron chi connectivity index (χ0n) is 11.7. The molecule has 2 rings (SSSR count). The lowest BCUT2D eigenvalue weighted by molar-refractivity contribution is 0.200. The fourth-order valence-electron chi connectivity index (χ4n) is 2.61. The number of nitrogens with one attached hydrogen (secondary N) is 1. The van der Waals surface area contributed by atoms with E-state index in [0.29, 0.717) is 18.2 Å². The van der Waals surface area contributed by atoms with Gasteiger partial charge in [-0.3, -0.25) is 0 Å². The van der Waals surface area contributed by atoms with Gasteiger partial charge >= 0.3 is 6.09 Å². The normalized spacial score (nSPS) is 16.1. The van der Waals surface area contributed by atoms with Crippen LogP contribution in [0.5, 0.6) is 5.75 Å². The maximum absolute atomic E-state index is 11.4. The summed E-state index contributed by atoms with van der Waals surface area (Å²) in [5.41, 5.74) is 1.38. The van der Waals surface area contributed by atoms with Crippen molar-refractivity contribution in [1.82, 2.24) is 5.32 Å². The fourth-order valence-corrected chi connectivity index (χ4v) is 2.61. The highest BCUT2D eigenvalue weighted by Gasteiger charge is 2.15. The molecule has 0 spiro atoms. The van der Waals surface area contributed by atoms with Crippen LogP contribution in [0.15, 0.2) is 24.3 Å². The Morgan fingerprint density at radius 3 is 2.53 bits per heavy atom. The lowest BCUT2D eigenvalue weighted by atomic mass is 9.84. The van der Waals surface area contributed by atoms with E-state index in [1.165, 1.54) is 37.7 Å². The summed E-state index contributed by atoms with van der Waals surface area (Å²) in [4.78, 5) is 11.4. The molecule has 1 aromatic carbocycles. The number of ether oxygens (including phenoxy) is 1. The van der Waals surface area contributed by atoms with Crippen LogP contribution in [0.1, 0.15) is 56.9 Å². The topological polar surface area (TPSA) is 38.3 Å². The lowest BCUT2D eigenvalue weighted by Gasteiger charge is -2.22. The Bertz CT molecular complexity index is 394. The van der Waals surface area contributed by atoms with E-state index in [4.69, 9.17) is 4.74 Å². The maximum atomic E-state index is 11.4. The molecule has 0 aromatic heterocycles. The molecular weight excluding hydrogens is 238 g/mol. The molecule has 0 unspecified atom stereocenters. The number of carbonyl (C=O) groups is 1. The highest BCUT2D eigenvalue weighted by molar-refractivity contribution is 5.70. The van der Waals surface area contributed by atoms with Gasteiger partial charge in [-0.1, -0.05) is 38.3 Å². The lowest BCUT2D eigenvalue weighted by Crippen LogP contribution is -2.27. The van der Waals surface area contributed by atoms with Gasteiger partial charge in [0.05, 0.1) is 0 Å². The summed E-state index contributed by atoms with van der Waals surface area (Å²) >= 11 is 0. The van der Waals surface area contributed by atoms with Gasteiger partial charge in [-0.05, 0) is 42.9 Å². The Kier molecular flexibility index (Phi) is 5.25. The summed E-state index contributed by atoms with van der Waals surface area (Å²) in [7, 11) is 0. The van der Waals surface area contributed by atoms with Crippen LogP contribution in [0.4, 0.5) is 4.79 Å². The second-order valence-electron chi connectivity index (χ2n) is 5.22. The molecule has 1 N–H and O–H groups in total. The summed E-state index contributed by atoms with van der Waals surface area (Å²) in [6.07, 6.45) is 7.16. The second kappa shape index (κ2) is 7.17. The zero-order chi connectivity index (χ0) is 13.5. The van der Waals surface area contributed by atoms with Gasteiger partial charge in [0.15, 0.2) is 0 Å². The van der Waals surface area contributed by atoms with E-state index >= 15 is 0 Å². The highest BCUT2D eigenvalue weighted by atomic mass is 16.5. The highest BCUT2D eigenvalue weighted by Crippen LogP contribution is 2.33. The summed E-state index contributed by atoms with van der Waals surface area (Å²) in [5, 5.41) is 2.70. The maximum Gasteiger partial charge on any atom is 0.412 e. The van der Waals surface area contributed by atoms with Crippen molar-refractivity contribution in [3.8, 4) is 5.75 Å². The van der Waals surface area contributed by atoms with Crippen LogP contribution in [0.3, 0.4) is 0 Å². The van der Waals surface area contributed by atoms with Gasteiger partial charge in [0.2, 0.25) is 0 Å². The molecule has 19 heavy (non-hydrogen) atoms. The van der Waals surface area contributed by atoms with Crippen molar-refractivity contribution in [2.45, 2.75) is 51.4 Å². The minimum atomic E-state index is -0.368. The van der Waals surface area contributed by atoms with Crippen LogP contribution in [0.25, 0.3) is 0 Å². The van der Waals surface area contributed by atoms with Crippen LogP contribution >= 0.6 is 0 Å². The van der Waals surface area contributed by atoms with Crippen molar-refractivity contribution >= 4 is 6.09 Å². The molecule has 0 bridgehead atoms. The van der Waals surface area contributed by atoms with E-state index in [9.17, 15) is 4.79 Å². The van der Waals surface area contributed by atoms with Gasteiger partial charge in [0.25, 0.3) is 0 Å². The fraction of sp³-hybridized carbons (Fsp3) is 0.562. The monoisotopic (exact) mass is 261 g/mol. The molecule has 1 fully saturated rings. The van der Waals surface area contributed by atoms with E-state index in [1.807, 2.05) is 19.1 Å². The van der Waals surface area contributed by atoms with Crippen molar-refractivity contribution in [2.75, 3.05) is 6.54 Å². The van der Waals surface area contributed by atoms with Gasteiger partial charge < -0.3 is 10.1 Å². The average molecular weight is 261 g/mol. The standard InChI is InChI=1S/C16H23NO2/c1-2-12-17-16(18)19-15-10-8-14(9-11-15)13-6-4-3-5-7-13/h8-11,13H,2-7,12H2,1H3,(H,17,18). The summed E-state index contributed by atoms with van der Waals surface area (Å²) in [6, 6.07) is 7.99. The average Bonchev–Trinajstić information content (AvgIpc) is 2.47. The van der Waals surface area contributed by atoms with E-state index in [2.05, 4.69) is 17.4 Å². The third kappa shape index (κ3) is 4.27. The van der Waals surface area contributed by atoms with Crippen molar-refractivity contribution in [3.63, 3.8) is 0 Å². The van der Waals surface area contributed by atoms with Gasteiger partial charge in [0.1, 0.15) is 5.75 Å². The Hall–Kier alpha value is -1.51. The number of hydrogen-bond donors (Lipinski definition) is 1. The molecule has 1 aliphatic rings. The van der Waals surface area contributed by atoms with E-state index < -0.39 is 0 Å². The van der Waals surface area contributed by atoms with Crippen LogP contribution in [-0.4, -0.2) is 12.6 Å². The first-order valence-electron chi connectivity index (χ1n) is 7.35. The Balaban J connectivity index is 1.88. The van der Waals surface area contributed by atoms with Crippen molar-refractivity contribution in [3.05, 3.63) is 29.8 Å². The molecule has 1 aliphatic carbocycles. The van der Waals surface area contributed by atoms with Crippen molar-refractivity contribution < 1.29 is 9.53 Å². The first-order chi connectivity index (χ1) is 9.29. The number of hydrogen-bond acceptors (Lipinski definition) is 2. The van der Waals surface area contributed by atoms with Gasteiger partial charge in [-0.15, -0.1) is 0 Å². The second-order valence-corrected chi connectivity index (χ2v) is 5.22. The SMILES string of the molecule is CCCNC(=O)Oc1ccc(C2CCCCC2)cc1. The molecule has 0 radical (unpaired) electrons. The predicted octanol–water partition coefficient (Wildman–Crippen LogP) is 4.23. The van der Waals surface area contributed by atoms with Gasteiger partial charge in [0, 0.05) is 6.54 Å². The predicted molar refractivity (Wildman–Crippen MR) is 76.6 cm³/mol. The minimum absolute atomic E-state index is 0.368. The Morgan fingerprint density at radius 2 is 1.89 bits per heavy atom. The first kappa shape index (κ1) is 13.9. The molecule has 1 saturated carbocycles. The van der Waals surface area contributed by atoms with Crippen molar-refractivity contribution in [2.24, 2.45) is 0 Å². The van der Waals surface area contributed by atoms with Crippen LogP contribution < -0.4 is 10.1 Å². The molecule has 1 amide bonds. The van der Waals surface area contributed by atoms with Crippen LogP contribution in [0, 0.1) is 0 Å². The van der Waals surface area contributed by atoms with Gasteiger partial charge in [-0.25, -0.2) is 4.79 Å². The van der Waals surface area contributed by atoms with E-state index in [1.54, 1.807) is 0 Å². The first-order valence-corrected chi connectivity index (χ1v) is 7.35. The molecule has 3 heteroatoms. The van der Waals surface area contributed by atoms with Crippen molar-refractivity contribution in [1.29, 1.82) is 0 Å². The smallest absolute Gasteiger partial charge is 0.410 e. The third-order valence-corrected chi connectivity index (χ3v) is 3.69. The molecule has 1 aromatic rings. The summed E-state index contributed by atoms with van der Waals surface area (Å²) in [5.74, 6) is 1.31. The molecular formula is C16H23NO2. The molecule has 0 heterocycles. The Morgan fingerprint density at radius 1 is 1.21 bits per heavy atom. The van der Waals surface area contributed by atoms with Gasteiger partial charge in [-0.2, -0.15) is 0 Å². The third-order valence-electron chi connectivity index (χ3n) is 3.69. The van der Waals surface area contributed by atoms with Crippen LogP contribution in [-0.2, 0) is 0 Å². The number of benzene rings is 1. The minimum Gasteiger partial charge on any atom is -0.410 e. The zero-order valence-corrected chi connectivity index (χ0v) is 11.7. The molecule has 104 valence electrons. The summed E-state index contributed by atoms with van der Waals surface area (Å²) < 4.78 is 5.21. The quantitative estimate of drug-likeness (QED) is 0.880. The van der Waals surface area contributed by atoms with Crippen LogP contribution in [0.2, 0.25) is 0 Å². The molecule has 0 saturated heterocycles. The number of rotatable bonds is 4. The van der Waals surface area contributed by atoms with E-state index in [-0.39, 0.29) is 6.09 Å².